The number of aromatic nitrogens is 2. The average Bonchev–Trinajstić information content (AvgIpc) is 3.45. The van der Waals surface area contributed by atoms with Crippen LogP contribution >= 0.6 is 11.3 Å². The van der Waals surface area contributed by atoms with Crippen LogP contribution in [0, 0.1) is 6.92 Å². The van der Waals surface area contributed by atoms with Crippen LogP contribution in [0.25, 0.3) is 11.5 Å². The van der Waals surface area contributed by atoms with Gasteiger partial charge in [-0.05, 0) is 44.2 Å². The molecular formula is C20H19F6N5O5S2. The number of aliphatic hydroxyl groups is 1. The molecule has 0 bridgehead atoms. The Bertz CT molecular complexity index is 1440. The van der Waals surface area contributed by atoms with Crippen molar-refractivity contribution in [3.63, 3.8) is 0 Å². The Labute approximate surface area is 214 Å². The van der Waals surface area contributed by atoms with Gasteiger partial charge in [0, 0.05) is 23.8 Å². The highest BCUT2D eigenvalue weighted by atomic mass is 32.2. The maximum Gasteiger partial charge on any atom is 0.431 e. The fourth-order valence-electron chi connectivity index (χ4n) is 3.17. The number of sulfonamides is 1. The van der Waals surface area contributed by atoms with Gasteiger partial charge in [-0.15, -0.1) is 11.3 Å². The average molecular weight is 588 g/mol. The first-order valence-corrected chi connectivity index (χ1v) is 12.6. The number of primary amides is 1. The molecule has 0 aliphatic rings. The van der Waals surface area contributed by atoms with Gasteiger partial charge in [-0.2, -0.15) is 31.3 Å². The van der Waals surface area contributed by atoms with E-state index in [1.165, 1.54) is 19.9 Å². The molecule has 0 aliphatic heterocycles. The Balaban J connectivity index is 1.77. The summed E-state index contributed by atoms with van der Waals surface area (Å²) in [5.74, 6) is -2.07. The molecule has 208 valence electrons. The number of carbonyl (C=O) groups excluding carboxylic acids is 1. The van der Waals surface area contributed by atoms with Crippen LogP contribution in [-0.2, 0) is 26.6 Å². The van der Waals surface area contributed by atoms with Crippen molar-refractivity contribution < 1.29 is 49.2 Å². The molecule has 0 saturated carbocycles. The highest BCUT2D eigenvalue weighted by molar-refractivity contribution is 7.91. The van der Waals surface area contributed by atoms with Crippen LogP contribution in [0.2, 0.25) is 0 Å². The van der Waals surface area contributed by atoms with Crippen LogP contribution in [0.5, 0.6) is 0 Å². The molecule has 10 nitrogen and oxygen atoms in total. The summed E-state index contributed by atoms with van der Waals surface area (Å²) >= 11 is -0.0449. The van der Waals surface area contributed by atoms with E-state index in [0.717, 1.165) is 18.2 Å². The molecule has 2 aromatic heterocycles. The zero-order chi connectivity index (χ0) is 28.7. The molecule has 3 aromatic rings. The van der Waals surface area contributed by atoms with E-state index in [0.29, 0.717) is 6.07 Å². The van der Waals surface area contributed by atoms with Gasteiger partial charge >= 0.3 is 12.4 Å². The third-order valence-corrected chi connectivity index (χ3v) is 8.30. The lowest BCUT2D eigenvalue weighted by Crippen LogP contribution is -2.52. The van der Waals surface area contributed by atoms with Crippen LogP contribution in [-0.4, -0.2) is 48.3 Å². The molecule has 2 heterocycles. The summed E-state index contributed by atoms with van der Waals surface area (Å²) in [5, 5.41) is 15.8. The summed E-state index contributed by atoms with van der Waals surface area (Å²) in [6.07, 6.45) is -10.3. The molecular weight excluding hydrogens is 568 g/mol. The van der Waals surface area contributed by atoms with E-state index in [-0.39, 0.29) is 35.2 Å². The minimum atomic E-state index is -5.52. The zero-order valence-electron chi connectivity index (χ0n) is 19.3. The number of rotatable bonds is 9. The van der Waals surface area contributed by atoms with E-state index in [1.807, 2.05) is 0 Å². The Morgan fingerprint density at radius 2 is 1.84 bits per heavy atom. The molecule has 18 heteroatoms. The molecule has 38 heavy (non-hydrogen) atoms. The lowest BCUT2D eigenvalue weighted by Gasteiger charge is -2.25. The summed E-state index contributed by atoms with van der Waals surface area (Å²) in [6.45, 7) is 2.41. The second kappa shape index (κ2) is 10.2. The highest BCUT2D eigenvalue weighted by Crippen LogP contribution is 2.42. The van der Waals surface area contributed by atoms with Crippen molar-refractivity contribution in [3.05, 3.63) is 46.6 Å². The molecule has 0 aliphatic carbocycles. The fourth-order valence-corrected chi connectivity index (χ4v) is 5.85. The molecule has 0 fully saturated rings. The minimum absolute atomic E-state index is 0.000465. The van der Waals surface area contributed by atoms with E-state index < -0.39 is 60.3 Å². The van der Waals surface area contributed by atoms with Crippen LogP contribution < -0.4 is 15.8 Å². The van der Waals surface area contributed by atoms with Gasteiger partial charge in [-0.1, -0.05) is 5.16 Å². The first kappa shape index (κ1) is 29.3. The number of anilines is 1. The van der Waals surface area contributed by atoms with Gasteiger partial charge in [-0.3, -0.25) is 4.79 Å². The van der Waals surface area contributed by atoms with Gasteiger partial charge in [0.05, 0.1) is 10.4 Å². The number of hydrogen-bond donors (Lipinski definition) is 4. The molecule has 1 amide bonds. The first-order chi connectivity index (χ1) is 17.4. The molecule has 0 saturated heterocycles. The molecule has 2 atom stereocenters. The number of hydrogen-bond acceptors (Lipinski definition) is 9. The fraction of sp³-hybridized carbons (Fsp3) is 0.350. The van der Waals surface area contributed by atoms with Crippen molar-refractivity contribution >= 4 is 33.0 Å². The van der Waals surface area contributed by atoms with Crippen LogP contribution in [0.1, 0.15) is 23.2 Å². The van der Waals surface area contributed by atoms with E-state index in [4.69, 9.17) is 10.3 Å². The second-order valence-corrected chi connectivity index (χ2v) is 11.0. The topological polar surface area (TPSA) is 160 Å². The van der Waals surface area contributed by atoms with Crippen molar-refractivity contribution in [2.45, 2.75) is 42.1 Å². The monoisotopic (exact) mass is 587 g/mol. The zero-order valence-corrected chi connectivity index (χ0v) is 20.9. The Morgan fingerprint density at radius 1 is 1.18 bits per heavy atom. The SMILES string of the molecule is Cc1noc(-c2ccc(NC[C@@H](C)NS(=O)(=O)c3ccc(C(O)(C(N)=O)C(F)(F)F)s3)c(C(F)(F)F)c2)n1. The van der Waals surface area contributed by atoms with Gasteiger partial charge in [-0.25, -0.2) is 13.1 Å². The Morgan fingerprint density at radius 3 is 2.37 bits per heavy atom. The number of nitrogens with one attached hydrogen (secondary N) is 2. The molecule has 1 unspecified atom stereocenters. The van der Waals surface area contributed by atoms with Crippen molar-refractivity contribution in [3.8, 4) is 11.5 Å². The van der Waals surface area contributed by atoms with Crippen molar-refractivity contribution in [1.82, 2.24) is 14.9 Å². The third-order valence-electron chi connectivity index (χ3n) is 5.02. The van der Waals surface area contributed by atoms with Crippen molar-refractivity contribution in [2.75, 3.05) is 11.9 Å². The molecule has 5 N–H and O–H groups in total. The van der Waals surface area contributed by atoms with Gasteiger partial charge < -0.3 is 20.7 Å². The predicted molar refractivity (Wildman–Crippen MR) is 121 cm³/mol. The summed E-state index contributed by atoms with van der Waals surface area (Å²) in [5.41, 5.74) is -0.896. The maximum atomic E-state index is 13.7. The Kier molecular flexibility index (Phi) is 7.84. The number of amides is 1. The van der Waals surface area contributed by atoms with Crippen LogP contribution in [0.4, 0.5) is 32.0 Å². The van der Waals surface area contributed by atoms with Crippen molar-refractivity contribution in [1.29, 1.82) is 0 Å². The standard InChI is InChI=1S/C20H19F6N5O5S2/c1-9(31-38(34,35)15-6-5-14(37-15)18(33,17(27)32)20(24,25)26)8-28-13-4-3-11(7-12(13)19(21,22)23)16-29-10(2)30-36-16/h3-7,9,28,31,33H,8H2,1-2H3,(H2,27,32)/t9-,18?/m1/s1. The third kappa shape index (κ3) is 5.92. The number of thiophene rings is 1. The highest BCUT2D eigenvalue weighted by Gasteiger charge is 2.61. The smallest absolute Gasteiger partial charge is 0.383 e. The van der Waals surface area contributed by atoms with Gasteiger partial charge in [0.2, 0.25) is 10.0 Å². The van der Waals surface area contributed by atoms with Crippen molar-refractivity contribution in [2.24, 2.45) is 5.73 Å². The number of aryl methyl sites for hydroxylation is 1. The number of carbonyl (C=O) groups is 1. The quantitative estimate of drug-likeness (QED) is 0.278. The number of halogens is 6. The van der Waals surface area contributed by atoms with E-state index in [1.54, 1.807) is 0 Å². The summed E-state index contributed by atoms with van der Waals surface area (Å²) in [7, 11) is -4.51. The summed E-state index contributed by atoms with van der Waals surface area (Å²) < 4.78 is 112. The maximum absolute atomic E-state index is 13.7. The molecule has 3 rings (SSSR count). The summed E-state index contributed by atoms with van der Waals surface area (Å²) in [4.78, 5) is 14.1. The van der Waals surface area contributed by atoms with Gasteiger partial charge in [0.15, 0.2) is 5.82 Å². The number of alkyl halides is 6. The number of nitrogens with zero attached hydrogens (tertiary/aromatic N) is 2. The second-order valence-electron chi connectivity index (χ2n) is 8.00. The van der Waals surface area contributed by atoms with Crippen LogP contribution in [0.15, 0.2) is 39.1 Å². The van der Waals surface area contributed by atoms with Gasteiger partial charge in [0.25, 0.3) is 17.4 Å². The normalized spacial score (nSPS) is 15.2. The number of benzene rings is 1. The predicted octanol–water partition coefficient (Wildman–Crippen LogP) is 3.14. The lowest BCUT2D eigenvalue weighted by molar-refractivity contribution is -0.254. The number of nitrogens with two attached hydrogens (primary N) is 1. The largest absolute Gasteiger partial charge is 0.431 e. The minimum Gasteiger partial charge on any atom is -0.383 e. The van der Waals surface area contributed by atoms with Crippen LogP contribution in [0.3, 0.4) is 0 Å². The molecule has 1 aromatic carbocycles. The summed E-state index contributed by atoms with van der Waals surface area (Å²) in [6, 6.07) is 3.39. The first-order valence-electron chi connectivity index (χ1n) is 10.3. The van der Waals surface area contributed by atoms with E-state index in [2.05, 4.69) is 20.2 Å². The molecule has 0 radical (unpaired) electrons. The van der Waals surface area contributed by atoms with E-state index in [9.17, 15) is 44.7 Å². The van der Waals surface area contributed by atoms with Gasteiger partial charge in [0.1, 0.15) is 4.21 Å². The molecule has 0 spiro atoms. The lowest BCUT2D eigenvalue weighted by atomic mass is 10.0. The Hall–Kier alpha value is -3.22. The van der Waals surface area contributed by atoms with E-state index >= 15 is 0 Å².